The summed E-state index contributed by atoms with van der Waals surface area (Å²) in [6, 6.07) is 0. The average Bonchev–Trinajstić information content (AvgIpc) is 2.23. The van der Waals surface area contributed by atoms with Crippen LogP contribution in [0.2, 0.25) is 0 Å². The van der Waals surface area contributed by atoms with Crippen molar-refractivity contribution >= 4 is 17.9 Å². The number of hydrogen-bond acceptors (Lipinski definition) is 6. The summed E-state index contributed by atoms with van der Waals surface area (Å²) in [5.74, 6) is -2.37. The average molecular weight is 233 g/mol. The number of ether oxygens (including phenoxy) is 2. The maximum absolute atomic E-state index is 11.2. The molecule has 0 aromatic carbocycles. The van der Waals surface area contributed by atoms with Gasteiger partial charge >= 0.3 is 17.9 Å². The molecule has 3 N–H and O–H groups in total. The molecule has 0 aromatic heterocycles. The maximum Gasteiger partial charge on any atom is 0.347 e. The Morgan fingerprint density at radius 1 is 1.38 bits per heavy atom. The van der Waals surface area contributed by atoms with Gasteiger partial charge in [0.1, 0.15) is 0 Å². The maximum atomic E-state index is 11.2. The van der Waals surface area contributed by atoms with Crippen LogP contribution in [0.3, 0.4) is 0 Å². The Kier molecular flexibility index (Phi) is 6.86. The highest BCUT2D eigenvalue weighted by atomic mass is 16.6. The van der Waals surface area contributed by atoms with E-state index in [9.17, 15) is 14.4 Å². The number of hydrogen-bond donors (Lipinski definition) is 2. The summed E-state index contributed by atoms with van der Waals surface area (Å²) in [6.07, 6.45) is -0.885. The third kappa shape index (κ3) is 6.77. The minimum atomic E-state index is -1.03. The van der Waals surface area contributed by atoms with Crippen molar-refractivity contribution in [2.45, 2.75) is 25.9 Å². The van der Waals surface area contributed by atoms with Crippen LogP contribution in [-0.4, -0.2) is 42.3 Å². The van der Waals surface area contributed by atoms with Gasteiger partial charge in [0.25, 0.3) is 0 Å². The molecular weight excluding hydrogens is 218 g/mol. The van der Waals surface area contributed by atoms with Crippen molar-refractivity contribution < 1.29 is 29.0 Å². The normalized spacial score (nSPS) is 11.6. The van der Waals surface area contributed by atoms with Gasteiger partial charge in [0.05, 0.1) is 13.2 Å². The Hall–Kier alpha value is -1.63. The first-order valence-corrected chi connectivity index (χ1v) is 4.75. The van der Waals surface area contributed by atoms with E-state index in [1.807, 2.05) is 0 Å². The fourth-order valence-electron chi connectivity index (χ4n) is 0.807. The molecule has 16 heavy (non-hydrogen) atoms. The molecule has 0 heterocycles. The summed E-state index contributed by atoms with van der Waals surface area (Å²) in [4.78, 5) is 32.0. The highest BCUT2D eigenvalue weighted by Crippen LogP contribution is 1.97. The highest BCUT2D eigenvalue weighted by Gasteiger charge is 2.18. The molecule has 0 aliphatic carbocycles. The van der Waals surface area contributed by atoms with E-state index in [4.69, 9.17) is 10.8 Å². The fourth-order valence-corrected chi connectivity index (χ4v) is 0.807. The molecule has 0 aliphatic heterocycles. The van der Waals surface area contributed by atoms with Crippen molar-refractivity contribution in [3.05, 3.63) is 0 Å². The van der Waals surface area contributed by atoms with Crippen LogP contribution in [0.25, 0.3) is 0 Å². The van der Waals surface area contributed by atoms with Crippen LogP contribution in [0.5, 0.6) is 0 Å². The summed E-state index contributed by atoms with van der Waals surface area (Å²) < 4.78 is 9.26. The van der Waals surface area contributed by atoms with Crippen molar-refractivity contribution in [2.24, 2.45) is 5.73 Å². The summed E-state index contributed by atoms with van der Waals surface area (Å²) in [7, 11) is 0. The van der Waals surface area contributed by atoms with E-state index >= 15 is 0 Å². The SMILES string of the molecule is CC(OC(=O)CN)C(=O)OCCCC(=O)O. The Balaban J connectivity index is 3.71. The lowest BCUT2D eigenvalue weighted by Gasteiger charge is -2.11. The first kappa shape index (κ1) is 14.4. The van der Waals surface area contributed by atoms with Crippen LogP contribution < -0.4 is 5.73 Å². The van der Waals surface area contributed by atoms with Gasteiger partial charge in [-0.2, -0.15) is 0 Å². The van der Waals surface area contributed by atoms with Crippen molar-refractivity contribution in [1.82, 2.24) is 0 Å². The molecule has 1 unspecified atom stereocenters. The second-order valence-electron chi connectivity index (χ2n) is 3.00. The van der Waals surface area contributed by atoms with Crippen molar-refractivity contribution in [2.75, 3.05) is 13.2 Å². The lowest BCUT2D eigenvalue weighted by molar-refractivity contribution is -0.165. The number of carbonyl (C=O) groups excluding carboxylic acids is 2. The molecule has 7 nitrogen and oxygen atoms in total. The lowest BCUT2D eigenvalue weighted by atomic mass is 10.3. The highest BCUT2D eigenvalue weighted by molar-refractivity contribution is 5.79. The molecule has 0 rings (SSSR count). The van der Waals surface area contributed by atoms with Crippen LogP contribution in [0, 0.1) is 0 Å². The Morgan fingerprint density at radius 3 is 2.50 bits per heavy atom. The fraction of sp³-hybridized carbons (Fsp3) is 0.667. The van der Waals surface area contributed by atoms with E-state index in [0.29, 0.717) is 0 Å². The van der Waals surface area contributed by atoms with Crippen molar-refractivity contribution in [1.29, 1.82) is 0 Å². The van der Waals surface area contributed by atoms with Crippen LogP contribution in [0.15, 0.2) is 0 Å². The second-order valence-corrected chi connectivity index (χ2v) is 3.00. The zero-order valence-electron chi connectivity index (χ0n) is 8.97. The molecule has 0 aliphatic rings. The number of rotatable bonds is 7. The van der Waals surface area contributed by atoms with Crippen LogP contribution >= 0.6 is 0 Å². The number of carboxylic acids is 1. The second kappa shape index (κ2) is 7.63. The van der Waals surface area contributed by atoms with E-state index < -0.39 is 24.0 Å². The zero-order valence-corrected chi connectivity index (χ0v) is 8.97. The van der Waals surface area contributed by atoms with Gasteiger partial charge < -0.3 is 20.3 Å². The minimum absolute atomic E-state index is 0.0182. The molecule has 0 saturated carbocycles. The number of carbonyl (C=O) groups is 3. The standard InChI is InChI=1S/C9H15NO6/c1-6(16-8(13)5-10)9(14)15-4-2-3-7(11)12/h6H,2-5,10H2,1H3,(H,11,12). The van der Waals surface area contributed by atoms with Gasteiger partial charge in [-0.25, -0.2) is 4.79 Å². The van der Waals surface area contributed by atoms with Crippen molar-refractivity contribution in [3.63, 3.8) is 0 Å². The molecular formula is C9H15NO6. The molecule has 0 radical (unpaired) electrons. The lowest BCUT2D eigenvalue weighted by Crippen LogP contribution is -2.29. The third-order valence-corrected chi connectivity index (χ3v) is 1.59. The predicted molar refractivity (Wildman–Crippen MR) is 52.4 cm³/mol. The van der Waals surface area contributed by atoms with Gasteiger partial charge in [0.2, 0.25) is 0 Å². The smallest absolute Gasteiger partial charge is 0.347 e. The summed E-state index contributed by atoms with van der Waals surface area (Å²) in [5.41, 5.74) is 4.98. The van der Waals surface area contributed by atoms with Crippen LogP contribution in [0.4, 0.5) is 0 Å². The van der Waals surface area contributed by atoms with E-state index in [1.54, 1.807) is 0 Å². The topological polar surface area (TPSA) is 116 Å². The van der Waals surface area contributed by atoms with E-state index in [-0.39, 0.29) is 26.0 Å². The summed E-state index contributed by atoms with van der Waals surface area (Å²) in [5, 5.41) is 8.32. The molecule has 0 aromatic rings. The Bertz CT molecular complexity index is 265. The van der Waals surface area contributed by atoms with E-state index in [0.717, 1.165) is 0 Å². The van der Waals surface area contributed by atoms with Gasteiger partial charge in [0.15, 0.2) is 6.10 Å². The Labute approximate surface area is 92.5 Å². The number of aliphatic carboxylic acids is 1. The molecule has 0 bridgehead atoms. The molecule has 1 atom stereocenters. The molecule has 7 heteroatoms. The van der Waals surface area contributed by atoms with Crippen LogP contribution in [0.1, 0.15) is 19.8 Å². The van der Waals surface area contributed by atoms with Crippen LogP contribution in [-0.2, 0) is 23.9 Å². The third-order valence-electron chi connectivity index (χ3n) is 1.59. The van der Waals surface area contributed by atoms with E-state index in [2.05, 4.69) is 9.47 Å². The Morgan fingerprint density at radius 2 is 2.00 bits per heavy atom. The zero-order chi connectivity index (χ0) is 12.6. The van der Waals surface area contributed by atoms with E-state index in [1.165, 1.54) is 6.92 Å². The van der Waals surface area contributed by atoms with Gasteiger partial charge in [0, 0.05) is 6.42 Å². The molecule has 0 saturated heterocycles. The number of nitrogens with two attached hydrogens (primary N) is 1. The minimum Gasteiger partial charge on any atom is -0.481 e. The largest absolute Gasteiger partial charge is 0.481 e. The van der Waals surface area contributed by atoms with Crippen molar-refractivity contribution in [3.8, 4) is 0 Å². The first-order valence-electron chi connectivity index (χ1n) is 4.75. The quantitative estimate of drug-likeness (QED) is 0.440. The summed E-state index contributed by atoms with van der Waals surface area (Å²) >= 11 is 0. The van der Waals surface area contributed by atoms with Gasteiger partial charge in [-0.05, 0) is 13.3 Å². The van der Waals surface area contributed by atoms with Gasteiger partial charge in [-0.1, -0.05) is 0 Å². The number of carboxylic acid groups (broad SMARTS) is 1. The van der Waals surface area contributed by atoms with Gasteiger partial charge in [-0.3, -0.25) is 9.59 Å². The summed E-state index contributed by atoms with van der Waals surface area (Å²) in [6.45, 7) is 1.03. The van der Waals surface area contributed by atoms with Gasteiger partial charge in [-0.15, -0.1) is 0 Å². The molecule has 0 spiro atoms. The molecule has 92 valence electrons. The molecule has 0 fully saturated rings. The first-order chi connectivity index (χ1) is 7.47. The molecule has 0 amide bonds. The predicted octanol–water partition coefficient (Wildman–Crippen LogP) is -0.715. The number of esters is 2. The monoisotopic (exact) mass is 233 g/mol.